The van der Waals surface area contributed by atoms with E-state index in [-0.39, 0.29) is 0 Å². The molecule has 0 aliphatic carbocycles. The summed E-state index contributed by atoms with van der Waals surface area (Å²) in [6.45, 7) is 7.33. The van der Waals surface area contributed by atoms with Crippen LogP contribution in [0.5, 0.6) is 5.75 Å². The Bertz CT molecular complexity index is 696. The van der Waals surface area contributed by atoms with Crippen molar-refractivity contribution in [2.45, 2.75) is 33.1 Å². The van der Waals surface area contributed by atoms with Crippen LogP contribution in [-0.2, 0) is 6.42 Å². The van der Waals surface area contributed by atoms with E-state index in [9.17, 15) is 0 Å². The van der Waals surface area contributed by atoms with Crippen LogP contribution in [0, 0.1) is 12.8 Å². The summed E-state index contributed by atoms with van der Waals surface area (Å²) < 4.78 is 5.27. The fourth-order valence-corrected chi connectivity index (χ4v) is 3.18. The van der Waals surface area contributed by atoms with Crippen molar-refractivity contribution in [2.24, 2.45) is 5.92 Å². The molecule has 1 aliphatic rings. The number of hydrogen-bond acceptors (Lipinski definition) is 5. The smallest absolute Gasteiger partial charge is 0.224 e. The van der Waals surface area contributed by atoms with Crippen LogP contribution in [0.3, 0.4) is 0 Å². The molecule has 1 aliphatic heterocycles. The second-order valence-electron chi connectivity index (χ2n) is 6.89. The van der Waals surface area contributed by atoms with Crippen molar-refractivity contribution in [1.82, 2.24) is 9.97 Å². The number of hydrogen-bond donors (Lipinski definition) is 1. The average Bonchev–Trinajstić information content (AvgIpc) is 2.62. The summed E-state index contributed by atoms with van der Waals surface area (Å²) in [5.74, 6) is 3.48. The number of aryl methyl sites for hydroxylation is 1. The summed E-state index contributed by atoms with van der Waals surface area (Å²) >= 11 is 0. The lowest BCUT2D eigenvalue weighted by atomic mass is 9.99. The largest absolute Gasteiger partial charge is 0.497 e. The number of nitrogens with one attached hydrogen (secondary N) is 1. The van der Waals surface area contributed by atoms with Crippen molar-refractivity contribution in [3.8, 4) is 5.75 Å². The van der Waals surface area contributed by atoms with Gasteiger partial charge in [-0.05, 0) is 49.8 Å². The lowest BCUT2D eigenvalue weighted by molar-refractivity contribution is 0.414. The third-order valence-electron chi connectivity index (χ3n) is 4.78. The van der Waals surface area contributed by atoms with Crippen LogP contribution < -0.4 is 15.0 Å². The Morgan fingerprint density at radius 1 is 1.20 bits per heavy atom. The van der Waals surface area contributed by atoms with E-state index in [1.807, 2.05) is 19.1 Å². The molecule has 134 valence electrons. The predicted molar refractivity (Wildman–Crippen MR) is 103 cm³/mol. The molecule has 0 radical (unpaired) electrons. The molecule has 0 bridgehead atoms. The maximum atomic E-state index is 5.27. The molecule has 5 heteroatoms. The molecule has 1 aromatic carbocycles. The molecule has 5 nitrogen and oxygen atoms in total. The summed E-state index contributed by atoms with van der Waals surface area (Å²) in [5.41, 5.74) is 2.25. The van der Waals surface area contributed by atoms with Crippen molar-refractivity contribution in [2.75, 3.05) is 37.0 Å². The molecule has 1 fully saturated rings. The first-order valence-electron chi connectivity index (χ1n) is 9.11. The van der Waals surface area contributed by atoms with Gasteiger partial charge in [-0.3, -0.25) is 0 Å². The van der Waals surface area contributed by atoms with Gasteiger partial charge in [-0.2, -0.15) is 4.98 Å². The zero-order chi connectivity index (χ0) is 17.6. The highest BCUT2D eigenvalue weighted by atomic mass is 16.5. The predicted octanol–water partition coefficient (Wildman–Crippen LogP) is 3.68. The molecule has 1 aromatic heterocycles. The van der Waals surface area contributed by atoms with Gasteiger partial charge in [0.15, 0.2) is 0 Å². The van der Waals surface area contributed by atoms with Crippen LogP contribution in [0.1, 0.15) is 31.0 Å². The summed E-state index contributed by atoms with van der Waals surface area (Å²) in [6, 6.07) is 10.3. The molecule has 2 heterocycles. The standard InChI is InChI=1S/C20H28N4O/c1-15-8-11-24(12-9-15)19-13-16(2)22-20(23-19)21-10-7-17-5-4-6-18(14-17)25-3/h4-6,13-15H,7-12H2,1-3H3,(H,21,22,23). The maximum Gasteiger partial charge on any atom is 0.224 e. The van der Waals surface area contributed by atoms with Gasteiger partial charge in [0.05, 0.1) is 7.11 Å². The first kappa shape index (κ1) is 17.5. The van der Waals surface area contributed by atoms with E-state index in [2.05, 4.69) is 40.3 Å². The van der Waals surface area contributed by atoms with E-state index in [1.165, 1.54) is 18.4 Å². The van der Waals surface area contributed by atoms with E-state index in [0.29, 0.717) is 0 Å². The van der Waals surface area contributed by atoms with E-state index in [0.717, 1.165) is 55.2 Å². The van der Waals surface area contributed by atoms with Crippen molar-refractivity contribution in [3.05, 3.63) is 41.6 Å². The van der Waals surface area contributed by atoms with Gasteiger partial charge in [0.2, 0.25) is 5.95 Å². The van der Waals surface area contributed by atoms with Gasteiger partial charge in [-0.1, -0.05) is 19.1 Å². The van der Waals surface area contributed by atoms with E-state index in [4.69, 9.17) is 9.72 Å². The number of aromatic nitrogens is 2. The van der Waals surface area contributed by atoms with E-state index >= 15 is 0 Å². The van der Waals surface area contributed by atoms with E-state index in [1.54, 1.807) is 7.11 Å². The second-order valence-corrected chi connectivity index (χ2v) is 6.89. The Balaban J connectivity index is 1.60. The summed E-state index contributed by atoms with van der Waals surface area (Å²) in [5, 5.41) is 3.37. The number of benzene rings is 1. The third kappa shape index (κ3) is 4.84. The lowest BCUT2D eigenvalue weighted by Crippen LogP contribution is -2.33. The maximum absolute atomic E-state index is 5.27. The van der Waals surface area contributed by atoms with Gasteiger partial charge in [0.25, 0.3) is 0 Å². The molecule has 0 saturated carbocycles. The summed E-state index contributed by atoms with van der Waals surface area (Å²) in [7, 11) is 1.70. The quantitative estimate of drug-likeness (QED) is 0.869. The van der Waals surface area contributed by atoms with E-state index < -0.39 is 0 Å². The van der Waals surface area contributed by atoms with Crippen LogP contribution in [-0.4, -0.2) is 36.7 Å². The number of nitrogens with zero attached hydrogens (tertiary/aromatic N) is 3. The lowest BCUT2D eigenvalue weighted by Gasteiger charge is -2.31. The molecular formula is C20H28N4O. The first-order valence-corrected chi connectivity index (χ1v) is 9.11. The van der Waals surface area contributed by atoms with Crippen LogP contribution >= 0.6 is 0 Å². The monoisotopic (exact) mass is 340 g/mol. The minimum atomic E-state index is 0.719. The number of piperidine rings is 1. The van der Waals surface area contributed by atoms with Gasteiger partial charge in [0.1, 0.15) is 11.6 Å². The molecule has 1 saturated heterocycles. The molecule has 2 aromatic rings. The van der Waals surface area contributed by atoms with Crippen LogP contribution in [0.25, 0.3) is 0 Å². The second kappa shape index (κ2) is 8.19. The van der Waals surface area contributed by atoms with Gasteiger partial charge in [0, 0.05) is 31.4 Å². The Hall–Kier alpha value is -2.30. The minimum absolute atomic E-state index is 0.719. The number of ether oxygens (including phenoxy) is 1. The van der Waals surface area contributed by atoms with Crippen LogP contribution in [0.4, 0.5) is 11.8 Å². The molecule has 25 heavy (non-hydrogen) atoms. The zero-order valence-corrected chi connectivity index (χ0v) is 15.5. The van der Waals surface area contributed by atoms with Crippen molar-refractivity contribution < 1.29 is 4.74 Å². The fraction of sp³-hybridized carbons (Fsp3) is 0.500. The first-order chi connectivity index (χ1) is 12.1. The molecule has 0 atom stereocenters. The molecule has 1 N–H and O–H groups in total. The molecule has 0 unspecified atom stereocenters. The SMILES string of the molecule is COc1cccc(CCNc2nc(C)cc(N3CCC(C)CC3)n2)c1. The number of methoxy groups -OCH3 is 1. The van der Waals surface area contributed by atoms with Gasteiger partial charge in [-0.15, -0.1) is 0 Å². The fourth-order valence-electron chi connectivity index (χ4n) is 3.18. The normalized spacial score (nSPS) is 15.2. The van der Waals surface area contributed by atoms with Gasteiger partial charge < -0.3 is 15.0 Å². The highest BCUT2D eigenvalue weighted by molar-refractivity contribution is 5.45. The Kier molecular flexibility index (Phi) is 5.74. The Morgan fingerprint density at radius 3 is 2.76 bits per heavy atom. The van der Waals surface area contributed by atoms with Gasteiger partial charge in [-0.25, -0.2) is 4.98 Å². The molecule has 0 amide bonds. The topological polar surface area (TPSA) is 50.3 Å². The summed E-state index contributed by atoms with van der Waals surface area (Å²) in [6.07, 6.45) is 3.38. The van der Waals surface area contributed by atoms with Gasteiger partial charge >= 0.3 is 0 Å². The zero-order valence-electron chi connectivity index (χ0n) is 15.5. The Labute approximate surface area is 150 Å². The highest BCUT2D eigenvalue weighted by Gasteiger charge is 2.17. The molecular weight excluding hydrogens is 312 g/mol. The minimum Gasteiger partial charge on any atom is -0.497 e. The third-order valence-corrected chi connectivity index (χ3v) is 4.78. The molecule has 3 rings (SSSR count). The Morgan fingerprint density at radius 2 is 2.00 bits per heavy atom. The van der Waals surface area contributed by atoms with Crippen molar-refractivity contribution in [3.63, 3.8) is 0 Å². The van der Waals surface area contributed by atoms with Crippen LogP contribution in [0.2, 0.25) is 0 Å². The van der Waals surface area contributed by atoms with Crippen molar-refractivity contribution >= 4 is 11.8 Å². The highest BCUT2D eigenvalue weighted by Crippen LogP contribution is 2.22. The molecule has 0 spiro atoms. The average molecular weight is 340 g/mol. The number of anilines is 2. The summed E-state index contributed by atoms with van der Waals surface area (Å²) in [4.78, 5) is 11.6. The van der Waals surface area contributed by atoms with Crippen molar-refractivity contribution in [1.29, 1.82) is 0 Å². The van der Waals surface area contributed by atoms with Crippen LogP contribution in [0.15, 0.2) is 30.3 Å². The number of rotatable bonds is 6.